The molecule has 2 fully saturated rings. The Kier molecular flexibility index (Phi) is 3.68. The molecule has 0 radical (unpaired) electrons. The van der Waals surface area contributed by atoms with Gasteiger partial charge in [-0.15, -0.1) is 11.3 Å². The standard InChI is InChI=1S/C16H26N2OS/c1-5-15(4)10-16(8-9-19-15,18-13-6-7-13)14-17-11(2)12(3)20-14/h13,18H,5-10H2,1-4H3. The second-order valence-corrected chi connectivity index (χ2v) is 7.94. The molecule has 1 aliphatic carbocycles. The lowest BCUT2D eigenvalue weighted by atomic mass is 9.79. The first kappa shape index (κ1) is 14.5. The number of aryl methyl sites for hydroxylation is 2. The second-order valence-electron chi connectivity index (χ2n) is 6.74. The van der Waals surface area contributed by atoms with Crippen molar-refractivity contribution in [2.24, 2.45) is 0 Å². The van der Waals surface area contributed by atoms with Gasteiger partial charge in [0.15, 0.2) is 0 Å². The minimum absolute atomic E-state index is 0.0202. The van der Waals surface area contributed by atoms with Crippen LogP contribution in [0.3, 0.4) is 0 Å². The summed E-state index contributed by atoms with van der Waals surface area (Å²) in [6, 6.07) is 0.693. The van der Waals surface area contributed by atoms with Gasteiger partial charge >= 0.3 is 0 Å². The Bertz CT molecular complexity index is 477. The van der Waals surface area contributed by atoms with E-state index in [4.69, 9.17) is 9.72 Å². The van der Waals surface area contributed by atoms with Crippen molar-refractivity contribution in [2.75, 3.05) is 6.61 Å². The monoisotopic (exact) mass is 294 g/mol. The fourth-order valence-electron chi connectivity index (χ4n) is 3.14. The summed E-state index contributed by atoms with van der Waals surface area (Å²) in [7, 11) is 0. The van der Waals surface area contributed by atoms with Gasteiger partial charge in [-0.3, -0.25) is 0 Å². The Morgan fingerprint density at radius 2 is 2.15 bits per heavy atom. The van der Waals surface area contributed by atoms with E-state index in [9.17, 15) is 0 Å². The number of hydrogen-bond acceptors (Lipinski definition) is 4. The van der Waals surface area contributed by atoms with Crippen molar-refractivity contribution in [1.82, 2.24) is 10.3 Å². The highest BCUT2D eigenvalue weighted by Gasteiger charge is 2.47. The molecule has 2 aliphatic rings. The zero-order valence-corrected chi connectivity index (χ0v) is 13.9. The van der Waals surface area contributed by atoms with E-state index in [1.807, 2.05) is 11.3 Å². The molecule has 1 aromatic rings. The molecule has 0 spiro atoms. The third-order valence-electron chi connectivity index (χ3n) is 4.90. The number of ether oxygens (including phenoxy) is 1. The summed E-state index contributed by atoms with van der Waals surface area (Å²) in [4.78, 5) is 6.24. The smallest absolute Gasteiger partial charge is 0.113 e. The first-order chi connectivity index (χ1) is 9.46. The molecule has 2 atom stereocenters. The molecule has 3 rings (SSSR count). The number of hydrogen-bond donors (Lipinski definition) is 1. The van der Waals surface area contributed by atoms with Crippen LogP contribution in [0.2, 0.25) is 0 Å². The molecule has 0 amide bonds. The summed E-state index contributed by atoms with van der Waals surface area (Å²) in [6.45, 7) is 9.62. The minimum atomic E-state index is -0.0202. The lowest BCUT2D eigenvalue weighted by Crippen LogP contribution is -2.54. The van der Waals surface area contributed by atoms with E-state index in [0.29, 0.717) is 6.04 Å². The van der Waals surface area contributed by atoms with E-state index in [1.54, 1.807) is 0 Å². The summed E-state index contributed by atoms with van der Waals surface area (Å²) in [5.74, 6) is 0. The zero-order chi connectivity index (χ0) is 14.4. The van der Waals surface area contributed by atoms with Crippen molar-refractivity contribution in [3.05, 3.63) is 15.6 Å². The highest BCUT2D eigenvalue weighted by Crippen LogP contribution is 2.44. The van der Waals surface area contributed by atoms with Gasteiger partial charge < -0.3 is 10.1 Å². The molecular weight excluding hydrogens is 268 g/mol. The van der Waals surface area contributed by atoms with Crippen LogP contribution >= 0.6 is 11.3 Å². The van der Waals surface area contributed by atoms with Crippen molar-refractivity contribution < 1.29 is 4.74 Å². The van der Waals surface area contributed by atoms with Gasteiger partial charge in [0.1, 0.15) is 5.01 Å². The van der Waals surface area contributed by atoms with Gasteiger partial charge in [0, 0.05) is 23.9 Å². The molecule has 1 aliphatic heterocycles. The van der Waals surface area contributed by atoms with Gasteiger partial charge in [0.05, 0.1) is 16.8 Å². The average molecular weight is 294 g/mol. The van der Waals surface area contributed by atoms with Crippen molar-refractivity contribution in [3.63, 3.8) is 0 Å². The first-order valence-electron chi connectivity index (χ1n) is 7.82. The quantitative estimate of drug-likeness (QED) is 0.919. The van der Waals surface area contributed by atoms with Crippen LogP contribution < -0.4 is 5.32 Å². The maximum absolute atomic E-state index is 6.07. The van der Waals surface area contributed by atoms with Gasteiger partial charge in [-0.2, -0.15) is 0 Å². The SMILES string of the molecule is CCC1(C)CC(NC2CC2)(c2nc(C)c(C)s2)CCO1. The van der Waals surface area contributed by atoms with Crippen LogP contribution in [0.4, 0.5) is 0 Å². The molecule has 4 heteroatoms. The van der Waals surface area contributed by atoms with Crippen LogP contribution in [-0.4, -0.2) is 23.2 Å². The molecule has 1 saturated carbocycles. The zero-order valence-electron chi connectivity index (χ0n) is 13.1. The van der Waals surface area contributed by atoms with E-state index in [-0.39, 0.29) is 11.1 Å². The van der Waals surface area contributed by atoms with Crippen molar-refractivity contribution in [2.45, 2.75) is 77.0 Å². The van der Waals surface area contributed by atoms with Gasteiger partial charge in [-0.1, -0.05) is 6.92 Å². The summed E-state index contributed by atoms with van der Waals surface area (Å²) in [5.41, 5.74) is 1.20. The molecule has 2 unspecified atom stereocenters. The normalized spacial score (nSPS) is 34.4. The summed E-state index contributed by atoms with van der Waals surface area (Å²) < 4.78 is 6.07. The maximum atomic E-state index is 6.07. The number of aromatic nitrogens is 1. The van der Waals surface area contributed by atoms with E-state index in [2.05, 4.69) is 33.0 Å². The Hall–Kier alpha value is -0.450. The van der Waals surface area contributed by atoms with Gasteiger partial charge in [-0.05, 0) is 46.5 Å². The van der Waals surface area contributed by atoms with E-state index in [0.717, 1.165) is 25.9 Å². The van der Waals surface area contributed by atoms with Crippen molar-refractivity contribution in [1.29, 1.82) is 0 Å². The van der Waals surface area contributed by atoms with E-state index >= 15 is 0 Å². The first-order valence-corrected chi connectivity index (χ1v) is 8.64. The predicted molar refractivity (Wildman–Crippen MR) is 83.3 cm³/mol. The summed E-state index contributed by atoms with van der Waals surface area (Å²) in [6.07, 6.45) is 5.78. The Morgan fingerprint density at radius 3 is 2.70 bits per heavy atom. The summed E-state index contributed by atoms with van der Waals surface area (Å²) >= 11 is 1.87. The molecule has 1 saturated heterocycles. The van der Waals surface area contributed by atoms with Gasteiger partial charge in [0.2, 0.25) is 0 Å². The molecule has 3 nitrogen and oxygen atoms in total. The van der Waals surface area contributed by atoms with Crippen molar-refractivity contribution >= 4 is 11.3 Å². The second kappa shape index (κ2) is 5.08. The minimum Gasteiger partial charge on any atom is -0.375 e. The lowest BCUT2D eigenvalue weighted by Gasteiger charge is -2.46. The highest BCUT2D eigenvalue weighted by atomic mass is 32.1. The van der Waals surface area contributed by atoms with Crippen LogP contribution in [0, 0.1) is 13.8 Å². The Labute approximate surface area is 126 Å². The van der Waals surface area contributed by atoms with Crippen molar-refractivity contribution in [3.8, 4) is 0 Å². The maximum Gasteiger partial charge on any atom is 0.113 e. The van der Waals surface area contributed by atoms with Gasteiger partial charge in [0.25, 0.3) is 0 Å². The van der Waals surface area contributed by atoms with E-state index < -0.39 is 0 Å². The topological polar surface area (TPSA) is 34.2 Å². The predicted octanol–water partition coefficient (Wildman–Crippen LogP) is 3.69. The van der Waals surface area contributed by atoms with Gasteiger partial charge in [-0.25, -0.2) is 4.98 Å². The average Bonchev–Trinajstić information content (AvgIpc) is 3.15. The largest absolute Gasteiger partial charge is 0.375 e. The fraction of sp³-hybridized carbons (Fsp3) is 0.812. The Balaban J connectivity index is 1.95. The van der Waals surface area contributed by atoms with Crippen LogP contribution in [0.5, 0.6) is 0 Å². The number of rotatable bonds is 4. The molecule has 112 valence electrons. The Morgan fingerprint density at radius 1 is 1.40 bits per heavy atom. The molecule has 1 aromatic heterocycles. The molecule has 20 heavy (non-hydrogen) atoms. The number of nitrogens with zero attached hydrogens (tertiary/aromatic N) is 1. The lowest BCUT2D eigenvalue weighted by molar-refractivity contribution is -0.104. The molecule has 1 N–H and O–H groups in total. The highest BCUT2D eigenvalue weighted by molar-refractivity contribution is 7.11. The molecule has 0 aromatic carbocycles. The molecule has 0 bridgehead atoms. The third kappa shape index (κ3) is 2.66. The van der Waals surface area contributed by atoms with Crippen LogP contribution in [0.25, 0.3) is 0 Å². The number of thiazole rings is 1. The summed E-state index contributed by atoms with van der Waals surface area (Å²) in [5, 5.41) is 5.20. The van der Waals surface area contributed by atoms with Crippen LogP contribution in [0.1, 0.15) is 61.5 Å². The van der Waals surface area contributed by atoms with Crippen LogP contribution in [-0.2, 0) is 10.3 Å². The molecule has 2 heterocycles. The number of nitrogens with one attached hydrogen (secondary N) is 1. The van der Waals surface area contributed by atoms with E-state index in [1.165, 1.54) is 28.4 Å². The third-order valence-corrected chi connectivity index (χ3v) is 6.18. The van der Waals surface area contributed by atoms with Crippen LogP contribution in [0.15, 0.2) is 0 Å². The fourth-order valence-corrected chi connectivity index (χ4v) is 4.23. The molecular formula is C16H26N2OS.